The number of anilines is 3. The summed E-state index contributed by atoms with van der Waals surface area (Å²) in [5, 5.41) is 6.90. The summed E-state index contributed by atoms with van der Waals surface area (Å²) in [5.41, 5.74) is 0.968. The first-order valence-corrected chi connectivity index (χ1v) is 6.36. The second-order valence-corrected chi connectivity index (χ2v) is 4.89. The highest BCUT2D eigenvalue weighted by molar-refractivity contribution is 14.1. The van der Waals surface area contributed by atoms with Crippen molar-refractivity contribution in [3.8, 4) is 0 Å². The van der Waals surface area contributed by atoms with Gasteiger partial charge in [0.1, 0.15) is 18.0 Å². The summed E-state index contributed by atoms with van der Waals surface area (Å²) in [6.07, 6.45) is 1.51. The Morgan fingerprint density at radius 1 is 1.18 bits per heavy atom. The molecule has 2 rings (SSSR count). The number of aromatic nitrogens is 2. The summed E-state index contributed by atoms with van der Waals surface area (Å²) in [7, 11) is 1.82. The van der Waals surface area contributed by atoms with Crippen LogP contribution in [0.2, 0.25) is 5.02 Å². The fraction of sp³-hybridized carbons (Fsp3) is 0.0909. The van der Waals surface area contributed by atoms with Gasteiger partial charge in [-0.3, -0.25) is 0 Å². The molecule has 17 heavy (non-hydrogen) atoms. The topological polar surface area (TPSA) is 49.8 Å². The second kappa shape index (κ2) is 5.50. The highest BCUT2D eigenvalue weighted by atomic mass is 127. The van der Waals surface area contributed by atoms with Crippen LogP contribution in [-0.2, 0) is 0 Å². The number of benzene rings is 1. The van der Waals surface area contributed by atoms with Crippen molar-refractivity contribution in [2.75, 3.05) is 17.7 Å². The van der Waals surface area contributed by atoms with E-state index in [-0.39, 0.29) is 0 Å². The third-order valence-corrected chi connectivity index (χ3v) is 3.24. The van der Waals surface area contributed by atoms with E-state index in [9.17, 15) is 0 Å². The summed E-state index contributed by atoms with van der Waals surface area (Å²) in [4.78, 5) is 8.20. The maximum absolute atomic E-state index is 5.90. The Morgan fingerprint density at radius 2 is 1.94 bits per heavy atom. The van der Waals surface area contributed by atoms with E-state index in [0.717, 1.165) is 25.9 Å². The molecule has 6 heteroatoms. The van der Waals surface area contributed by atoms with Crippen LogP contribution in [0.5, 0.6) is 0 Å². The minimum Gasteiger partial charge on any atom is -0.373 e. The highest BCUT2D eigenvalue weighted by Crippen LogP contribution is 2.25. The van der Waals surface area contributed by atoms with Crippen LogP contribution >= 0.6 is 34.2 Å². The maximum Gasteiger partial charge on any atom is 0.135 e. The first-order valence-electron chi connectivity index (χ1n) is 4.91. The molecule has 1 aromatic carbocycles. The molecule has 0 aliphatic carbocycles. The van der Waals surface area contributed by atoms with E-state index in [2.05, 4.69) is 43.2 Å². The van der Waals surface area contributed by atoms with Crippen LogP contribution < -0.4 is 10.6 Å². The standard InChI is InChI=1S/C11H10ClIN4/c1-14-10-5-11(16-6-15-10)17-9-3-2-7(12)4-8(9)13/h2-6H,1H3,(H2,14,15,16,17). The van der Waals surface area contributed by atoms with E-state index in [4.69, 9.17) is 11.6 Å². The second-order valence-electron chi connectivity index (χ2n) is 3.29. The van der Waals surface area contributed by atoms with Crippen molar-refractivity contribution in [3.05, 3.63) is 39.2 Å². The fourth-order valence-corrected chi connectivity index (χ4v) is 2.30. The molecule has 0 bridgehead atoms. The summed E-state index contributed by atoms with van der Waals surface area (Å²) in [6, 6.07) is 7.49. The van der Waals surface area contributed by atoms with Crippen LogP contribution in [0.1, 0.15) is 0 Å². The van der Waals surface area contributed by atoms with Crippen molar-refractivity contribution < 1.29 is 0 Å². The van der Waals surface area contributed by atoms with Gasteiger partial charge in [-0.15, -0.1) is 0 Å². The van der Waals surface area contributed by atoms with Gasteiger partial charge >= 0.3 is 0 Å². The molecule has 0 aliphatic rings. The van der Waals surface area contributed by atoms with Crippen LogP contribution in [-0.4, -0.2) is 17.0 Å². The number of rotatable bonds is 3. The van der Waals surface area contributed by atoms with E-state index in [1.807, 2.05) is 31.3 Å². The van der Waals surface area contributed by atoms with Gasteiger partial charge in [0.2, 0.25) is 0 Å². The Hall–Kier alpha value is -1.08. The average Bonchev–Trinajstić information content (AvgIpc) is 2.33. The molecule has 0 fully saturated rings. The largest absolute Gasteiger partial charge is 0.373 e. The lowest BCUT2D eigenvalue weighted by Crippen LogP contribution is -1.99. The van der Waals surface area contributed by atoms with Gasteiger partial charge in [0.25, 0.3) is 0 Å². The summed E-state index contributed by atoms with van der Waals surface area (Å²) in [5.74, 6) is 1.51. The first kappa shape index (κ1) is 12.4. The molecule has 0 spiro atoms. The zero-order valence-corrected chi connectivity index (χ0v) is 12.0. The van der Waals surface area contributed by atoms with Crippen LogP contribution in [0.15, 0.2) is 30.6 Å². The third-order valence-electron chi connectivity index (χ3n) is 2.12. The molecule has 1 heterocycles. The predicted octanol–water partition coefficient (Wildman–Crippen LogP) is 3.52. The van der Waals surface area contributed by atoms with Crippen LogP contribution in [0.4, 0.5) is 17.3 Å². The van der Waals surface area contributed by atoms with E-state index < -0.39 is 0 Å². The highest BCUT2D eigenvalue weighted by Gasteiger charge is 2.02. The molecular weight excluding hydrogens is 351 g/mol. The normalized spacial score (nSPS) is 10.1. The number of halogens is 2. The summed E-state index contributed by atoms with van der Waals surface area (Å²) >= 11 is 8.12. The Bertz CT molecular complexity index is 533. The molecule has 2 N–H and O–H groups in total. The van der Waals surface area contributed by atoms with Gasteiger partial charge in [-0.2, -0.15) is 0 Å². The molecule has 0 aliphatic heterocycles. The number of hydrogen-bond donors (Lipinski definition) is 2. The van der Waals surface area contributed by atoms with Gasteiger partial charge in [0.15, 0.2) is 0 Å². The van der Waals surface area contributed by atoms with E-state index in [1.165, 1.54) is 6.33 Å². The molecular formula is C11H10ClIN4. The van der Waals surface area contributed by atoms with Crippen molar-refractivity contribution in [1.29, 1.82) is 0 Å². The smallest absolute Gasteiger partial charge is 0.135 e. The fourth-order valence-electron chi connectivity index (χ4n) is 1.29. The lowest BCUT2D eigenvalue weighted by Gasteiger charge is -2.08. The Kier molecular flexibility index (Phi) is 4.01. The molecule has 0 unspecified atom stereocenters. The quantitative estimate of drug-likeness (QED) is 0.822. The van der Waals surface area contributed by atoms with Crippen molar-refractivity contribution in [1.82, 2.24) is 9.97 Å². The number of nitrogens with zero attached hydrogens (tertiary/aromatic N) is 2. The van der Waals surface area contributed by atoms with E-state index >= 15 is 0 Å². The van der Waals surface area contributed by atoms with Crippen molar-refractivity contribution in [2.45, 2.75) is 0 Å². The zero-order chi connectivity index (χ0) is 12.3. The average molecular weight is 361 g/mol. The monoisotopic (exact) mass is 360 g/mol. The van der Waals surface area contributed by atoms with E-state index in [1.54, 1.807) is 0 Å². The van der Waals surface area contributed by atoms with Crippen LogP contribution in [0.25, 0.3) is 0 Å². The molecule has 2 aromatic rings. The van der Waals surface area contributed by atoms with Gasteiger partial charge in [-0.25, -0.2) is 9.97 Å². The lowest BCUT2D eigenvalue weighted by atomic mass is 10.3. The first-order chi connectivity index (χ1) is 8.19. The van der Waals surface area contributed by atoms with Crippen LogP contribution in [0, 0.1) is 3.57 Å². The molecule has 0 amide bonds. The number of nitrogens with one attached hydrogen (secondary N) is 2. The molecule has 0 radical (unpaired) electrons. The maximum atomic E-state index is 5.90. The van der Waals surface area contributed by atoms with E-state index in [0.29, 0.717) is 0 Å². The number of hydrogen-bond acceptors (Lipinski definition) is 4. The molecule has 0 saturated carbocycles. The van der Waals surface area contributed by atoms with Crippen molar-refractivity contribution >= 4 is 51.5 Å². The van der Waals surface area contributed by atoms with Crippen LogP contribution in [0.3, 0.4) is 0 Å². The van der Waals surface area contributed by atoms with Gasteiger partial charge < -0.3 is 10.6 Å². The van der Waals surface area contributed by atoms with Gasteiger partial charge in [-0.05, 0) is 40.8 Å². The van der Waals surface area contributed by atoms with Gasteiger partial charge in [0.05, 0.1) is 5.69 Å². The molecule has 88 valence electrons. The Labute approximate surface area is 118 Å². The molecule has 4 nitrogen and oxygen atoms in total. The molecule has 0 saturated heterocycles. The Morgan fingerprint density at radius 3 is 2.65 bits per heavy atom. The molecule has 0 atom stereocenters. The molecule has 1 aromatic heterocycles. The van der Waals surface area contributed by atoms with Gasteiger partial charge in [0, 0.05) is 21.7 Å². The minimum atomic E-state index is 0.721. The lowest BCUT2D eigenvalue weighted by molar-refractivity contribution is 1.16. The Balaban J connectivity index is 2.25. The third kappa shape index (κ3) is 3.19. The predicted molar refractivity (Wildman–Crippen MR) is 79.0 cm³/mol. The summed E-state index contributed by atoms with van der Waals surface area (Å²) < 4.78 is 1.04. The SMILES string of the molecule is CNc1cc(Nc2ccc(Cl)cc2I)ncn1. The van der Waals surface area contributed by atoms with Gasteiger partial charge in [-0.1, -0.05) is 11.6 Å². The summed E-state index contributed by atoms with van der Waals surface area (Å²) in [6.45, 7) is 0. The van der Waals surface area contributed by atoms with Crippen molar-refractivity contribution in [2.24, 2.45) is 0 Å². The van der Waals surface area contributed by atoms with Crippen molar-refractivity contribution in [3.63, 3.8) is 0 Å². The minimum absolute atomic E-state index is 0.721. The zero-order valence-electron chi connectivity index (χ0n) is 9.04.